The number of hydrogen-bond donors (Lipinski definition) is 1. The van der Waals surface area contributed by atoms with E-state index in [0.29, 0.717) is 0 Å². The maximum atomic E-state index is 5.47. The van der Waals surface area contributed by atoms with E-state index in [1.165, 1.54) is 5.56 Å². The summed E-state index contributed by atoms with van der Waals surface area (Å²) >= 11 is 0. The maximum absolute atomic E-state index is 5.47. The molecule has 0 atom stereocenters. The van der Waals surface area contributed by atoms with Crippen LogP contribution in [-0.4, -0.2) is 27.8 Å². The van der Waals surface area contributed by atoms with Crippen LogP contribution in [0.15, 0.2) is 6.07 Å². The van der Waals surface area contributed by atoms with E-state index in [-0.39, 0.29) is 0 Å². The number of methoxy groups -OCH3 is 2. The Hall–Kier alpha value is -1.22. The quantitative estimate of drug-likeness (QED) is 0.829. The van der Waals surface area contributed by atoms with E-state index >= 15 is 0 Å². The molecule has 90 valence electrons. The van der Waals surface area contributed by atoms with Gasteiger partial charge in [-0.1, -0.05) is 0 Å². The van der Waals surface area contributed by atoms with Crippen LogP contribution in [0.2, 0.25) is 0 Å². The fraction of sp³-hybridized carbons (Fsp3) is 0.538. The summed E-state index contributed by atoms with van der Waals surface area (Å²) in [5, 5.41) is 3.14. The van der Waals surface area contributed by atoms with Gasteiger partial charge in [0.2, 0.25) is 0 Å². The lowest BCUT2D eigenvalue weighted by Crippen LogP contribution is -2.11. The highest BCUT2D eigenvalue weighted by Crippen LogP contribution is 2.33. The normalized spacial score (nSPS) is 10.3. The van der Waals surface area contributed by atoms with Gasteiger partial charge in [-0.05, 0) is 56.6 Å². The summed E-state index contributed by atoms with van der Waals surface area (Å²) in [5.41, 5.74) is 3.50. The molecular formula is C13H21NO2. The van der Waals surface area contributed by atoms with Crippen LogP contribution in [0.4, 0.5) is 0 Å². The fourth-order valence-corrected chi connectivity index (χ4v) is 1.87. The second-order valence-electron chi connectivity index (χ2n) is 3.87. The third kappa shape index (κ3) is 2.47. The van der Waals surface area contributed by atoms with E-state index < -0.39 is 0 Å². The zero-order valence-electron chi connectivity index (χ0n) is 10.8. The minimum Gasteiger partial charge on any atom is -0.496 e. The van der Waals surface area contributed by atoms with Gasteiger partial charge in [-0.25, -0.2) is 0 Å². The average Bonchev–Trinajstić information content (AvgIpc) is 2.30. The predicted molar refractivity (Wildman–Crippen MR) is 66.7 cm³/mol. The number of rotatable bonds is 5. The third-order valence-electron chi connectivity index (χ3n) is 2.94. The van der Waals surface area contributed by atoms with Crippen molar-refractivity contribution >= 4 is 0 Å². The van der Waals surface area contributed by atoms with Gasteiger partial charge >= 0.3 is 0 Å². The number of benzene rings is 1. The Kier molecular flexibility index (Phi) is 4.62. The van der Waals surface area contributed by atoms with Crippen LogP contribution in [0.5, 0.6) is 11.5 Å². The van der Waals surface area contributed by atoms with Gasteiger partial charge in [-0.15, -0.1) is 0 Å². The van der Waals surface area contributed by atoms with Gasteiger partial charge in [0, 0.05) is 0 Å². The van der Waals surface area contributed by atoms with E-state index in [4.69, 9.17) is 9.47 Å². The third-order valence-corrected chi connectivity index (χ3v) is 2.94. The SMILES string of the molecule is CNCCc1cc(OC)c(C)c(C)c1OC. The summed E-state index contributed by atoms with van der Waals surface area (Å²) < 4.78 is 10.8. The summed E-state index contributed by atoms with van der Waals surface area (Å²) in [7, 11) is 5.37. The van der Waals surface area contributed by atoms with E-state index in [1.807, 2.05) is 7.05 Å². The van der Waals surface area contributed by atoms with Crippen LogP contribution in [0.25, 0.3) is 0 Å². The lowest BCUT2D eigenvalue weighted by atomic mass is 10.0. The minimum absolute atomic E-state index is 0.933. The molecular weight excluding hydrogens is 202 g/mol. The number of likely N-dealkylation sites (N-methyl/N-ethyl adjacent to an activating group) is 1. The first-order chi connectivity index (χ1) is 7.65. The molecule has 16 heavy (non-hydrogen) atoms. The van der Waals surface area contributed by atoms with Crippen LogP contribution >= 0.6 is 0 Å². The Labute approximate surface area is 97.8 Å². The molecule has 0 radical (unpaired) electrons. The number of ether oxygens (including phenoxy) is 2. The molecule has 0 saturated carbocycles. The molecule has 3 nitrogen and oxygen atoms in total. The molecule has 0 bridgehead atoms. The summed E-state index contributed by atoms with van der Waals surface area (Å²) in [6.07, 6.45) is 0.942. The Bertz CT molecular complexity index is 361. The largest absolute Gasteiger partial charge is 0.496 e. The minimum atomic E-state index is 0.933. The van der Waals surface area contributed by atoms with Gasteiger partial charge in [0.15, 0.2) is 0 Å². The van der Waals surface area contributed by atoms with Crippen LogP contribution in [0.1, 0.15) is 16.7 Å². The molecule has 0 aromatic heterocycles. The van der Waals surface area contributed by atoms with Crippen molar-refractivity contribution in [3.63, 3.8) is 0 Å². The van der Waals surface area contributed by atoms with Crippen molar-refractivity contribution < 1.29 is 9.47 Å². The fourth-order valence-electron chi connectivity index (χ4n) is 1.87. The van der Waals surface area contributed by atoms with Gasteiger partial charge in [-0.3, -0.25) is 0 Å². The van der Waals surface area contributed by atoms with Crippen molar-refractivity contribution in [2.24, 2.45) is 0 Å². The molecule has 1 rings (SSSR count). The lowest BCUT2D eigenvalue weighted by Gasteiger charge is -2.16. The van der Waals surface area contributed by atoms with Gasteiger partial charge in [-0.2, -0.15) is 0 Å². The molecule has 0 aliphatic carbocycles. The number of hydrogen-bond acceptors (Lipinski definition) is 3. The molecule has 1 N–H and O–H groups in total. The van der Waals surface area contributed by atoms with Crippen molar-refractivity contribution in [2.45, 2.75) is 20.3 Å². The molecule has 0 fully saturated rings. The van der Waals surface area contributed by atoms with Crippen molar-refractivity contribution in [1.29, 1.82) is 0 Å². The molecule has 0 aliphatic rings. The van der Waals surface area contributed by atoms with Gasteiger partial charge in [0.25, 0.3) is 0 Å². The highest BCUT2D eigenvalue weighted by Gasteiger charge is 2.13. The maximum Gasteiger partial charge on any atom is 0.125 e. The first-order valence-electron chi connectivity index (χ1n) is 5.51. The van der Waals surface area contributed by atoms with Crippen molar-refractivity contribution in [1.82, 2.24) is 5.32 Å². The summed E-state index contributed by atoms with van der Waals surface area (Å²) in [6.45, 7) is 5.06. The van der Waals surface area contributed by atoms with Crippen LogP contribution in [0.3, 0.4) is 0 Å². The topological polar surface area (TPSA) is 30.5 Å². The lowest BCUT2D eigenvalue weighted by molar-refractivity contribution is 0.393. The van der Waals surface area contributed by atoms with Crippen LogP contribution in [0, 0.1) is 13.8 Å². The first-order valence-corrected chi connectivity index (χ1v) is 5.51. The Morgan fingerprint density at radius 2 is 1.81 bits per heavy atom. The van der Waals surface area contributed by atoms with Crippen LogP contribution in [-0.2, 0) is 6.42 Å². The zero-order valence-corrected chi connectivity index (χ0v) is 10.8. The molecule has 0 aliphatic heterocycles. The standard InChI is InChI=1S/C13H21NO2/c1-9-10(2)13(16-5)11(6-7-14-3)8-12(9)15-4/h8,14H,6-7H2,1-5H3. The van der Waals surface area contributed by atoms with Gasteiger partial charge in [0.1, 0.15) is 11.5 Å². The second-order valence-corrected chi connectivity index (χ2v) is 3.87. The van der Waals surface area contributed by atoms with Gasteiger partial charge < -0.3 is 14.8 Å². The molecule has 0 spiro atoms. The van der Waals surface area contributed by atoms with E-state index in [2.05, 4.69) is 25.2 Å². The Morgan fingerprint density at radius 1 is 1.12 bits per heavy atom. The Morgan fingerprint density at radius 3 is 2.31 bits per heavy atom. The molecule has 1 aromatic rings. The monoisotopic (exact) mass is 223 g/mol. The van der Waals surface area contributed by atoms with Crippen molar-refractivity contribution in [2.75, 3.05) is 27.8 Å². The Balaban J connectivity index is 3.18. The van der Waals surface area contributed by atoms with E-state index in [9.17, 15) is 0 Å². The molecule has 0 heterocycles. The zero-order chi connectivity index (χ0) is 12.1. The van der Waals surface area contributed by atoms with Crippen molar-refractivity contribution in [3.8, 4) is 11.5 Å². The molecule has 0 amide bonds. The highest BCUT2D eigenvalue weighted by molar-refractivity contribution is 5.52. The van der Waals surface area contributed by atoms with E-state index in [0.717, 1.165) is 35.6 Å². The molecule has 0 unspecified atom stereocenters. The van der Waals surface area contributed by atoms with Gasteiger partial charge in [0.05, 0.1) is 14.2 Å². The predicted octanol–water partition coefficient (Wildman–Crippen LogP) is 2.08. The summed E-state index contributed by atoms with van der Waals surface area (Å²) in [6, 6.07) is 2.07. The molecule has 1 aromatic carbocycles. The second kappa shape index (κ2) is 5.75. The summed E-state index contributed by atoms with van der Waals surface area (Å²) in [4.78, 5) is 0. The summed E-state index contributed by atoms with van der Waals surface area (Å²) in [5.74, 6) is 1.91. The van der Waals surface area contributed by atoms with Crippen molar-refractivity contribution in [3.05, 3.63) is 22.8 Å². The molecule has 3 heteroatoms. The highest BCUT2D eigenvalue weighted by atomic mass is 16.5. The van der Waals surface area contributed by atoms with E-state index in [1.54, 1.807) is 14.2 Å². The molecule has 0 saturated heterocycles. The van der Waals surface area contributed by atoms with Crippen LogP contribution < -0.4 is 14.8 Å². The average molecular weight is 223 g/mol. The number of nitrogens with one attached hydrogen (secondary N) is 1. The smallest absolute Gasteiger partial charge is 0.125 e. The first kappa shape index (κ1) is 12.8.